The van der Waals surface area contributed by atoms with E-state index in [1.807, 2.05) is 0 Å². The molecule has 3 saturated carbocycles. The number of nitrogens with one attached hydrogen (secondary N) is 1. The van der Waals surface area contributed by atoms with E-state index in [0.29, 0.717) is 22.8 Å². The molecular formula is C26H36N2S. The highest BCUT2D eigenvalue weighted by Gasteiger charge is 2.59. The van der Waals surface area contributed by atoms with Gasteiger partial charge in [-0.25, -0.2) is 0 Å². The van der Waals surface area contributed by atoms with Crippen LogP contribution >= 0.6 is 12.2 Å². The van der Waals surface area contributed by atoms with Gasteiger partial charge in [0.05, 0.1) is 4.99 Å². The second kappa shape index (κ2) is 6.79. The lowest BCUT2D eigenvalue weighted by molar-refractivity contribution is -0.0773. The molecule has 1 aromatic rings. The molecule has 6 atom stereocenters. The molecule has 5 unspecified atom stereocenters. The molecule has 6 fully saturated rings. The summed E-state index contributed by atoms with van der Waals surface area (Å²) in [6.07, 6.45) is 11.0. The van der Waals surface area contributed by atoms with Gasteiger partial charge in [0.2, 0.25) is 0 Å². The van der Waals surface area contributed by atoms with E-state index in [9.17, 15) is 0 Å². The van der Waals surface area contributed by atoms with Gasteiger partial charge in [0, 0.05) is 18.5 Å². The van der Waals surface area contributed by atoms with Gasteiger partial charge in [-0.2, -0.15) is 0 Å². The van der Waals surface area contributed by atoms with E-state index in [4.69, 9.17) is 12.2 Å². The smallest absolute Gasteiger partial charge is 0.0790 e. The second-order valence-corrected chi connectivity index (χ2v) is 11.9. The quantitative estimate of drug-likeness (QED) is 0.695. The number of benzene rings is 1. The van der Waals surface area contributed by atoms with Crippen LogP contribution in [0.1, 0.15) is 63.9 Å². The van der Waals surface area contributed by atoms with Crippen molar-refractivity contribution >= 4 is 17.2 Å². The van der Waals surface area contributed by atoms with Crippen molar-refractivity contribution in [2.45, 2.75) is 69.7 Å². The minimum atomic E-state index is 0.436. The molecule has 6 aliphatic rings. The van der Waals surface area contributed by atoms with Crippen molar-refractivity contribution < 1.29 is 0 Å². The van der Waals surface area contributed by atoms with Crippen LogP contribution in [-0.4, -0.2) is 35.6 Å². The number of fused-ring (bicyclic) bond motifs is 5. The maximum Gasteiger partial charge on any atom is 0.0790 e. The van der Waals surface area contributed by atoms with Gasteiger partial charge in [0.25, 0.3) is 0 Å². The van der Waals surface area contributed by atoms with Crippen LogP contribution < -0.4 is 5.32 Å². The Morgan fingerprint density at radius 1 is 1.10 bits per heavy atom. The minimum absolute atomic E-state index is 0.436. The van der Waals surface area contributed by atoms with E-state index < -0.39 is 0 Å². The van der Waals surface area contributed by atoms with Crippen molar-refractivity contribution in [1.82, 2.24) is 10.2 Å². The molecule has 29 heavy (non-hydrogen) atoms. The van der Waals surface area contributed by atoms with Crippen LogP contribution in [0.15, 0.2) is 30.3 Å². The third-order valence-electron chi connectivity index (χ3n) is 9.79. The molecule has 1 N–H and O–H groups in total. The lowest BCUT2D eigenvalue weighted by Crippen LogP contribution is -2.61. The first-order chi connectivity index (χ1) is 14.0. The zero-order valence-electron chi connectivity index (χ0n) is 17.9. The Kier molecular flexibility index (Phi) is 4.40. The third kappa shape index (κ3) is 3.02. The van der Waals surface area contributed by atoms with Gasteiger partial charge in [-0.15, -0.1) is 0 Å². The first kappa shape index (κ1) is 18.8. The second-order valence-electron chi connectivity index (χ2n) is 11.5. The van der Waals surface area contributed by atoms with Gasteiger partial charge in [-0.1, -0.05) is 49.5 Å². The first-order valence-corrected chi connectivity index (χ1v) is 12.5. The summed E-state index contributed by atoms with van der Waals surface area (Å²) in [5.74, 6) is 3.12. The summed E-state index contributed by atoms with van der Waals surface area (Å²) >= 11 is 6.15. The summed E-state index contributed by atoms with van der Waals surface area (Å²) in [4.78, 5) is 3.88. The molecule has 7 rings (SSSR count). The van der Waals surface area contributed by atoms with E-state index in [0.717, 1.165) is 17.8 Å². The largest absolute Gasteiger partial charge is 0.375 e. The average Bonchev–Trinajstić information content (AvgIpc) is 2.72. The van der Waals surface area contributed by atoms with E-state index >= 15 is 0 Å². The highest BCUT2D eigenvalue weighted by molar-refractivity contribution is 7.80. The summed E-state index contributed by atoms with van der Waals surface area (Å²) in [6, 6.07) is 12.1. The Balaban J connectivity index is 1.22. The Hall–Kier alpha value is -0.930. The lowest BCUT2D eigenvalue weighted by atomic mass is 9.42. The van der Waals surface area contributed by atoms with Crippen LogP contribution in [0.2, 0.25) is 0 Å². The van der Waals surface area contributed by atoms with E-state index in [1.54, 1.807) is 5.56 Å². The highest BCUT2D eigenvalue weighted by atomic mass is 32.1. The zero-order valence-corrected chi connectivity index (χ0v) is 18.7. The fraction of sp³-hybridized carbons (Fsp3) is 0.731. The third-order valence-corrected chi connectivity index (χ3v) is 10.2. The summed E-state index contributed by atoms with van der Waals surface area (Å²) in [6.45, 7) is 6.45. The van der Waals surface area contributed by atoms with Gasteiger partial charge < -0.3 is 10.2 Å². The summed E-state index contributed by atoms with van der Waals surface area (Å²) in [7, 11) is 0. The Bertz CT molecular complexity index is 785. The molecule has 156 valence electrons. The zero-order chi connectivity index (χ0) is 19.6. The maximum atomic E-state index is 6.15. The molecule has 0 aromatic heterocycles. The average molecular weight is 409 g/mol. The number of hydrogen-bond donors (Lipinski definition) is 1. The number of rotatable bonds is 3. The molecule has 3 aliphatic heterocycles. The van der Waals surface area contributed by atoms with Gasteiger partial charge in [-0.3, -0.25) is 0 Å². The van der Waals surface area contributed by atoms with Gasteiger partial charge in [-0.05, 0) is 98.6 Å². The molecule has 0 radical (unpaired) electrons. The maximum absolute atomic E-state index is 6.15. The van der Waals surface area contributed by atoms with Gasteiger partial charge >= 0.3 is 0 Å². The molecule has 0 amide bonds. The predicted octanol–water partition coefficient (Wildman–Crippen LogP) is 5.17. The highest BCUT2D eigenvalue weighted by Crippen LogP contribution is 2.66. The van der Waals surface area contributed by atoms with Crippen molar-refractivity contribution in [3.63, 3.8) is 0 Å². The summed E-state index contributed by atoms with van der Waals surface area (Å²) in [5.41, 5.74) is 2.52. The molecule has 3 aliphatic carbocycles. The van der Waals surface area contributed by atoms with Crippen LogP contribution in [0.4, 0.5) is 0 Å². The van der Waals surface area contributed by atoms with E-state index in [1.165, 1.54) is 76.0 Å². The molecule has 3 heteroatoms. The minimum Gasteiger partial charge on any atom is -0.375 e. The normalized spacial score (nSPS) is 47.8. The van der Waals surface area contributed by atoms with Crippen molar-refractivity contribution in [3.05, 3.63) is 35.9 Å². The van der Waals surface area contributed by atoms with Crippen LogP contribution in [-0.2, 0) is 5.41 Å². The number of nitrogens with zero attached hydrogens (tertiary/aromatic N) is 1. The monoisotopic (exact) mass is 408 g/mol. The molecule has 1 aromatic carbocycles. The molecule has 2 nitrogen and oxygen atoms in total. The van der Waals surface area contributed by atoms with Crippen molar-refractivity contribution in [2.24, 2.45) is 29.1 Å². The van der Waals surface area contributed by atoms with Crippen LogP contribution in [0.3, 0.4) is 0 Å². The summed E-state index contributed by atoms with van der Waals surface area (Å²) < 4.78 is 0. The SMILES string of the molecule is CC12CC3CC(C(=S)N[C@H]4CN5CCC4CC5)C1CCC(c1ccccc1)(C3)C2. The Morgan fingerprint density at radius 2 is 1.90 bits per heavy atom. The molecule has 5 bridgehead atoms. The molecule has 3 saturated heterocycles. The van der Waals surface area contributed by atoms with Crippen LogP contribution in [0, 0.1) is 29.1 Å². The van der Waals surface area contributed by atoms with Crippen LogP contribution in [0.5, 0.6) is 0 Å². The van der Waals surface area contributed by atoms with Crippen LogP contribution in [0.25, 0.3) is 0 Å². The van der Waals surface area contributed by atoms with Gasteiger partial charge in [0.15, 0.2) is 0 Å². The summed E-state index contributed by atoms with van der Waals surface area (Å²) in [5, 5.41) is 3.94. The van der Waals surface area contributed by atoms with E-state index in [2.05, 4.69) is 47.5 Å². The van der Waals surface area contributed by atoms with Crippen molar-refractivity contribution in [3.8, 4) is 0 Å². The fourth-order valence-corrected chi connectivity index (χ4v) is 9.11. The standard InChI is InChI=1S/C26H36N2S/c1-25-14-18-13-21(24(29)27-23-16-28-11-8-19(23)9-12-28)22(25)7-10-26(15-18,17-25)20-5-3-2-4-6-20/h2-6,18-19,21-23H,7-17H2,1H3,(H,27,29)/t18?,21?,22?,23-,25?,26?/m0/s1. The fourth-order valence-electron chi connectivity index (χ4n) is 8.70. The topological polar surface area (TPSA) is 15.3 Å². The Labute approximate surface area is 181 Å². The van der Waals surface area contributed by atoms with Gasteiger partial charge in [0.1, 0.15) is 0 Å². The lowest BCUT2D eigenvalue weighted by Gasteiger charge is -2.63. The predicted molar refractivity (Wildman–Crippen MR) is 123 cm³/mol. The molecule has 3 heterocycles. The van der Waals surface area contributed by atoms with E-state index in [-0.39, 0.29) is 0 Å². The van der Waals surface area contributed by atoms with Crippen molar-refractivity contribution in [2.75, 3.05) is 19.6 Å². The molecule has 0 spiro atoms. The number of hydrogen-bond acceptors (Lipinski definition) is 2. The molecular weight excluding hydrogens is 372 g/mol. The number of piperidine rings is 3. The van der Waals surface area contributed by atoms with Crippen molar-refractivity contribution in [1.29, 1.82) is 0 Å². The number of thiocarbonyl (C=S) groups is 1. The first-order valence-electron chi connectivity index (χ1n) is 12.1. The Morgan fingerprint density at radius 3 is 2.62 bits per heavy atom.